The molecule has 1 aliphatic heterocycles. The van der Waals surface area contributed by atoms with Gasteiger partial charge in [-0.3, -0.25) is 4.79 Å². The van der Waals surface area contributed by atoms with Crippen molar-refractivity contribution in [1.29, 1.82) is 0 Å². The molecule has 1 fully saturated rings. The van der Waals surface area contributed by atoms with Gasteiger partial charge in [-0.15, -0.1) is 0 Å². The minimum Gasteiger partial charge on any atom is -0.378 e. The first-order valence-electron chi connectivity index (χ1n) is 9.86. The number of ether oxygens (including phenoxy) is 1. The fraction of sp³-hybridized carbons (Fsp3) is 0.435. The zero-order valence-corrected chi connectivity index (χ0v) is 16.4. The van der Waals surface area contributed by atoms with Crippen molar-refractivity contribution in [3.05, 3.63) is 71.3 Å². The molecule has 1 atom stereocenters. The quantitative estimate of drug-likeness (QED) is 0.815. The van der Waals surface area contributed by atoms with Crippen molar-refractivity contribution in [2.75, 3.05) is 32.8 Å². The van der Waals surface area contributed by atoms with Crippen LogP contribution in [0.5, 0.6) is 0 Å². The number of amides is 1. The molecule has 0 saturated carbocycles. The topological polar surface area (TPSA) is 41.6 Å². The average Bonchev–Trinajstić information content (AvgIpc) is 2.72. The van der Waals surface area contributed by atoms with Crippen molar-refractivity contribution in [1.82, 2.24) is 10.2 Å². The van der Waals surface area contributed by atoms with Crippen molar-refractivity contribution < 1.29 is 9.53 Å². The molecule has 4 heteroatoms. The van der Waals surface area contributed by atoms with Gasteiger partial charge >= 0.3 is 0 Å². The van der Waals surface area contributed by atoms with Crippen LogP contribution in [-0.2, 0) is 16.1 Å². The lowest BCUT2D eigenvalue weighted by molar-refractivity contribution is -0.136. The fourth-order valence-electron chi connectivity index (χ4n) is 3.42. The van der Waals surface area contributed by atoms with E-state index in [9.17, 15) is 4.79 Å². The van der Waals surface area contributed by atoms with E-state index in [1.165, 1.54) is 11.1 Å². The van der Waals surface area contributed by atoms with Crippen molar-refractivity contribution in [2.24, 2.45) is 0 Å². The third-order valence-electron chi connectivity index (χ3n) is 5.15. The van der Waals surface area contributed by atoms with Gasteiger partial charge in [-0.25, -0.2) is 0 Å². The van der Waals surface area contributed by atoms with Crippen LogP contribution >= 0.6 is 0 Å². The highest BCUT2D eigenvalue weighted by atomic mass is 16.5. The fourth-order valence-corrected chi connectivity index (χ4v) is 3.42. The molecule has 1 N–H and O–H groups in total. The van der Waals surface area contributed by atoms with E-state index in [0.29, 0.717) is 38.8 Å². The summed E-state index contributed by atoms with van der Waals surface area (Å²) in [5, 5.41) is 3.49. The van der Waals surface area contributed by atoms with Crippen LogP contribution in [-0.4, -0.2) is 43.7 Å². The minimum atomic E-state index is -0.167. The molecule has 144 valence electrons. The molecule has 0 aromatic heterocycles. The van der Waals surface area contributed by atoms with Crippen molar-refractivity contribution in [2.45, 2.75) is 32.2 Å². The van der Waals surface area contributed by atoms with E-state index >= 15 is 0 Å². The number of benzene rings is 2. The monoisotopic (exact) mass is 366 g/mol. The lowest BCUT2D eigenvalue weighted by Crippen LogP contribution is -2.45. The van der Waals surface area contributed by atoms with E-state index in [2.05, 4.69) is 43.4 Å². The molecule has 1 amide bonds. The Morgan fingerprint density at radius 1 is 1.00 bits per heavy atom. The molecule has 0 spiro atoms. The summed E-state index contributed by atoms with van der Waals surface area (Å²) in [6.07, 6.45) is 0. The summed E-state index contributed by atoms with van der Waals surface area (Å²) in [6, 6.07) is 18.8. The molecular weight excluding hydrogens is 336 g/mol. The van der Waals surface area contributed by atoms with Crippen molar-refractivity contribution in [3.8, 4) is 0 Å². The number of hydrogen-bond acceptors (Lipinski definition) is 3. The van der Waals surface area contributed by atoms with Gasteiger partial charge in [0.1, 0.15) is 0 Å². The first-order valence-corrected chi connectivity index (χ1v) is 9.86. The molecular formula is C23H30N2O2. The Hall–Kier alpha value is -2.17. The van der Waals surface area contributed by atoms with E-state index in [1.807, 2.05) is 35.2 Å². The van der Waals surface area contributed by atoms with Crippen LogP contribution in [0.3, 0.4) is 0 Å². The van der Waals surface area contributed by atoms with Gasteiger partial charge in [0, 0.05) is 26.2 Å². The van der Waals surface area contributed by atoms with Gasteiger partial charge in [0.15, 0.2) is 0 Å². The second-order valence-corrected chi connectivity index (χ2v) is 7.43. The van der Waals surface area contributed by atoms with Crippen LogP contribution in [0, 0.1) is 0 Å². The molecule has 4 nitrogen and oxygen atoms in total. The first-order chi connectivity index (χ1) is 13.1. The van der Waals surface area contributed by atoms with Gasteiger partial charge in [-0.1, -0.05) is 68.4 Å². The molecule has 0 bridgehead atoms. The summed E-state index contributed by atoms with van der Waals surface area (Å²) in [4.78, 5) is 15.0. The lowest BCUT2D eigenvalue weighted by Gasteiger charge is -2.30. The van der Waals surface area contributed by atoms with Gasteiger partial charge in [-0.05, 0) is 22.6 Å². The van der Waals surface area contributed by atoms with E-state index in [-0.39, 0.29) is 11.8 Å². The summed E-state index contributed by atoms with van der Waals surface area (Å²) in [5.41, 5.74) is 3.66. The summed E-state index contributed by atoms with van der Waals surface area (Å²) < 4.78 is 5.39. The Morgan fingerprint density at radius 3 is 2.30 bits per heavy atom. The van der Waals surface area contributed by atoms with Crippen molar-refractivity contribution >= 4 is 5.91 Å². The van der Waals surface area contributed by atoms with Crippen LogP contribution in [0.2, 0.25) is 0 Å². The number of carbonyl (C=O) groups is 1. The summed E-state index contributed by atoms with van der Waals surface area (Å²) in [5.74, 6) is 0.562. The molecule has 27 heavy (non-hydrogen) atoms. The normalized spacial score (nSPS) is 15.7. The average molecular weight is 367 g/mol. The SMILES string of the molecule is CC(C)c1ccc(CNCC(C(=O)N2CCOCC2)c2ccccc2)cc1. The number of hydrogen-bond donors (Lipinski definition) is 1. The van der Waals surface area contributed by atoms with Gasteiger partial charge in [0.25, 0.3) is 0 Å². The highest BCUT2D eigenvalue weighted by Gasteiger charge is 2.26. The standard InChI is InChI=1S/C23H30N2O2/c1-18(2)20-10-8-19(9-11-20)16-24-17-22(21-6-4-3-5-7-21)23(26)25-12-14-27-15-13-25/h3-11,18,22,24H,12-17H2,1-2H3. The zero-order chi connectivity index (χ0) is 19.1. The third-order valence-corrected chi connectivity index (χ3v) is 5.15. The maximum Gasteiger partial charge on any atom is 0.231 e. The summed E-state index contributed by atoms with van der Waals surface area (Å²) in [7, 11) is 0. The molecule has 1 unspecified atom stereocenters. The van der Waals surface area contributed by atoms with Crippen LogP contribution in [0.1, 0.15) is 42.4 Å². The Balaban J connectivity index is 1.63. The maximum absolute atomic E-state index is 13.1. The highest BCUT2D eigenvalue weighted by Crippen LogP contribution is 2.19. The predicted molar refractivity (Wildman–Crippen MR) is 109 cm³/mol. The maximum atomic E-state index is 13.1. The number of morpholine rings is 1. The van der Waals surface area contributed by atoms with Crippen molar-refractivity contribution in [3.63, 3.8) is 0 Å². The number of carbonyl (C=O) groups excluding carboxylic acids is 1. The predicted octanol–water partition coefficient (Wildman–Crippen LogP) is 3.54. The molecule has 0 radical (unpaired) electrons. The Kier molecular flexibility index (Phi) is 7.02. The number of rotatable bonds is 7. The summed E-state index contributed by atoms with van der Waals surface area (Å²) >= 11 is 0. The van der Waals surface area contributed by atoms with Crippen LogP contribution in [0.15, 0.2) is 54.6 Å². The van der Waals surface area contributed by atoms with Gasteiger partial charge in [0.05, 0.1) is 19.1 Å². The third kappa shape index (κ3) is 5.41. The van der Waals surface area contributed by atoms with Gasteiger partial charge in [0.2, 0.25) is 5.91 Å². The largest absolute Gasteiger partial charge is 0.378 e. The number of nitrogens with zero attached hydrogens (tertiary/aromatic N) is 1. The van der Waals surface area contributed by atoms with E-state index < -0.39 is 0 Å². The van der Waals surface area contributed by atoms with E-state index in [4.69, 9.17) is 4.74 Å². The molecule has 1 aliphatic rings. The van der Waals surface area contributed by atoms with E-state index in [1.54, 1.807) is 0 Å². The Bertz CT molecular complexity index is 707. The minimum absolute atomic E-state index is 0.167. The van der Waals surface area contributed by atoms with Crippen LogP contribution in [0.4, 0.5) is 0 Å². The molecule has 3 rings (SSSR count). The molecule has 2 aromatic rings. The lowest BCUT2D eigenvalue weighted by atomic mass is 9.97. The van der Waals surface area contributed by atoms with Crippen LogP contribution in [0.25, 0.3) is 0 Å². The number of nitrogens with one attached hydrogen (secondary N) is 1. The van der Waals surface area contributed by atoms with Gasteiger partial charge < -0.3 is 15.0 Å². The first kappa shape index (κ1) is 19.6. The molecule has 0 aliphatic carbocycles. The second kappa shape index (κ2) is 9.67. The Morgan fingerprint density at radius 2 is 1.67 bits per heavy atom. The van der Waals surface area contributed by atoms with E-state index in [0.717, 1.165) is 12.1 Å². The Labute approximate surface area is 162 Å². The highest BCUT2D eigenvalue weighted by molar-refractivity contribution is 5.84. The van der Waals surface area contributed by atoms with Crippen LogP contribution < -0.4 is 5.32 Å². The smallest absolute Gasteiger partial charge is 0.231 e. The molecule has 2 aromatic carbocycles. The molecule has 1 saturated heterocycles. The van der Waals surface area contributed by atoms with Gasteiger partial charge in [-0.2, -0.15) is 0 Å². The zero-order valence-electron chi connectivity index (χ0n) is 16.4. The summed E-state index contributed by atoms with van der Waals surface area (Å²) in [6.45, 7) is 8.41. The second-order valence-electron chi connectivity index (χ2n) is 7.43. The molecule has 1 heterocycles.